The zero-order valence-corrected chi connectivity index (χ0v) is 13.5. The van der Waals surface area contributed by atoms with Crippen LogP contribution in [0.4, 0.5) is 0 Å². The Kier molecular flexibility index (Phi) is 4.65. The van der Waals surface area contributed by atoms with Crippen molar-refractivity contribution >= 4 is 0 Å². The molecule has 0 amide bonds. The lowest BCUT2D eigenvalue weighted by Gasteiger charge is -2.35. The Morgan fingerprint density at radius 1 is 1.00 bits per heavy atom. The molecular weight excluding hydrogens is 240 g/mol. The summed E-state index contributed by atoms with van der Waals surface area (Å²) >= 11 is 0. The van der Waals surface area contributed by atoms with Gasteiger partial charge in [0, 0.05) is 5.92 Å². The molecular formula is C20H26. The molecule has 3 rings (SSSR count). The molecule has 0 aromatic heterocycles. The zero-order valence-electron chi connectivity index (χ0n) is 13.5. The van der Waals surface area contributed by atoms with Gasteiger partial charge in [0.1, 0.15) is 0 Å². The lowest BCUT2D eigenvalue weighted by atomic mass is 9.68. The molecule has 0 heterocycles. The van der Waals surface area contributed by atoms with Gasteiger partial charge in [0.05, 0.1) is 0 Å². The minimum atomic E-state index is 0.509. The van der Waals surface area contributed by atoms with E-state index in [2.05, 4.69) is 57.2 Å². The second-order valence-corrected chi connectivity index (χ2v) is 5.25. The Morgan fingerprint density at radius 3 is 2.40 bits per heavy atom. The van der Waals surface area contributed by atoms with Gasteiger partial charge in [-0.3, -0.25) is 0 Å². The summed E-state index contributed by atoms with van der Waals surface area (Å²) in [5, 5.41) is 0. The van der Waals surface area contributed by atoms with Crippen LogP contribution < -0.4 is 0 Å². The molecule has 0 aromatic rings. The first kappa shape index (κ1) is 14.8. The molecule has 0 saturated carbocycles. The molecule has 0 fully saturated rings. The van der Waals surface area contributed by atoms with Gasteiger partial charge in [-0.25, -0.2) is 0 Å². The minimum absolute atomic E-state index is 0.509. The van der Waals surface area contributed by atoms with E-state index < -0.39 is 0 Å². The average molecular weight is 266 g/mol. The third-order valence-corrected chi connectivity index (χ3v) is 4.28. The SMILES string of the molecule is CC.CCC1=CC(CC)=C2C=CC=C3C=CC(C)=C1C32. The van der Waals surface area contributed by atoms with Crippen LogP contribution in [0.25, 0.3) is 0 Å². The van der Waals surface area contributed by atoms with Crippen molar-refractivity contribution in [1.82, 2.24) is 0 Å². The van der Waals surface area contributed by atoms with Crippen LogP contribution in [0.3, 0.4) is 0 Å². The smallest absolute Gasteiger partial charge is 0.0348 e. The second-order valence-electron chi connectivity index (χ2n) is 5.25. The fraction of sp³-hybridized carbons (Fsp3) is 0.400. The van der Waals surface area contributed by atoms with Gasteiger partial charge in [0.25, 0.3) is 0 Å². The highest BCUT2D eigenvalue weighted by molar-refractivity contribution is 5.64. The molecule has 1 atom stereocenters. The number of hydrogen-bond donors (Lipinski definition) is 0. The number of rotatable bonds is 2. The average Bonchev–Trinajstić information content (AvgIpc) is 2.52. The molecule has 0 saturated heterocycles. The van der Waals surface area contributed by atoms with Crippen molar-refractivity contribution in [3.63, 3.8) is 0 Å². The quantitative estimate of drug-likeness (QED) is 0.569. The van der Waals surface area contributed by atoms with Gasteiger partial charge in [0.15, 0.2) is 0 Å². The van der Waals surface area contributed by atoms with E-state index in [4.69, 9.17) is 0 Å². The predicted octanol–water partition coefficient (Wildman–Crippen LogP) is 6.07. The van der Waals surface area contributed by atoms with E-state index in [0.29, 0.717) is 5.92 Å². The van der Waals surface area contributed by atoms with E-state index >= 15 is 0 Å². The lowest BCUT2D eigenvalue weighted by molar-refractivity contribution is 0.801. The summed E-state index contributed by atoms with van der Waals surface area (Å²) in [6.45, 7) is 10.8. The van der Waals surface area contributed by atoms with Gasteiger partial charge in [-0.1, -0.05) is 64.2 Å². The van der Waals surface area contributed by atoms with Crippen LogP contribution in [0.2, 0.25) is 0 Å². The summed E-state index contributed by atoms with van der Waals surface area (Å²) in [5.41, 5.74) is 9.02. The number of allylic oxidation sites excluding steroid dienone is 12. The third-order valence-electron chi connectivity index (χ3n) is 4.28. The van der Waals surface area contributed by atoms with Crippen molar-refractivity contribution in [2.75, 3.05) is 0 Å². The van der Waals surface area contributed by atoms with E-state index in [1.165, 1.54) is 27.9 Å². The van der Waals surface area contributed by atoms with E-state index in [1.807, 2.05) is 13.8 Å². The van der Waals surface area contributed by atoms with Crippen LogP contribution in [0.15, 0.2) is 69.9 Å². The van der Waals surface area contributed by atoms with E-state index in [1.54, 1.807) is 5.57 Å². The molecule has 0 heteroatoms. The summed E-state index contributed by atoms with van der Waals surface area (Å²) in [4.78, 5) is 0. The molecule has 0 aliphatic heterocycles. The molecule has 0 spiro atoms. The topological polar surface area (TPSA) is 0 Å². The Hall–Kier alpha value is -1.56. The fourth-order valence-electron chi connectivity index (χ4n) is 3.35. The van der Waals surface area contributed by atoms with E-state index in [0.717, 1.165) is 12.8 Å². The maximum Gasteiger partial charge on any atom is 0.0348 e. The first-order chi connectivity index (χ1) is 9.76. The molecule has 0 nitrogen and oxygen atoms in total. The largest absolute Gasteiger partial charge is 0.0683 e. The second kappa shape index (κ2) is 6.26. The normalized spacial score (nSPS) is 22.9. The first-order valence-corrected chi connectivity index (χ1v) is 7.97. The maximum absolute atomic E-state index is 2.43. The third kappa shape index (κ3) is 2.28. The molecule has 0 radical (unpaired) electrons. The van der Waals surface area contributed by atoms with Crippen LogP contribution in [0, 0.1) is 5.92 Å². The minimum Gasteiger partial charge on any atom is -0.0683 e. The molecule has 3 aliphatic carbocycles. The van der Waals surface area contributed by atoms with Crippen LogP contribution in [-0.2, 0) is 0 Å². The van der Waals surface area contributed by atoms with Crippen LogP contribution >= 0.6 is 0 Å². The Balaban J connectivity index is 0.000000704. The zero-order chi connectivity index (χ0) is 14.7. The predicted molar refractivity (Wildman–Crippen MR) is 89.6 cm³/mol. The summed E-state index contributed by atoms with van der Waals surface area (Å²) in [6, 6.07) is 0. The maximum atomic E-state index is 2.43. The van der Waals surface area contributed by atoms with E-state index in [-0.39, 0.29) is 0 Å². The fourth-order valence-corrected chi connectivity index (χ4v) is 3.35. The van der Waals surface area contributed by atoms with E-state index in [9.17, 15) is 0 Å². The first-order valence-electron chi connectivity index (χ1n) is 7.97. The molecule has 1 unspecified atom stereocenters. The van der Waals surface area contributed by atoms with Gasteiger partial charge >= 0.3 is 0 Å². The van der Waals surface area contributed by atoms with Crippen LogP contribution in [0.5, 0.6) is 0 Å². The molecule has 0 N–H and O–H groups in total. The highest BCUT2D eigenvalue weighted by atomic mass is 14.3. The lowest BCUT2D eigenvalue weighted by Crippen LogP contribution is -2.21. The Bertz CT molecular complexity index is 571. The van der Waals surface area contributed by atoms with Gasteiger partial charge in [-0.2, -0.15) is 0 Å². The Morgan fingerprint density at radius 2 is 1.75 bits per heavy atom. The van der Waals surface area contributed by atoms with Gasteiger partial charge in [-0.15, -0.1) is 0 Å². The Labute approximate surface area is 124 Å². The number of hydrogen-bond acceptors (Lipinski definition) is 0. The van der Waals surface area contributed by atoms with Gasteiger partial charge < -0.3 is 0 Å². The summed E-state index contributed by atoms with van der Waals surface area (Å²) < 4.78 is 0. The van der Waals surface area contributed by atoms with Crippen LogP contribution in [0.1, 0.15) is 47.5 Å². The molecule has 0 aromatic carbocycles. The highest BCUT2D eigenvalue weighted by Crippen LogP contribution is 2.46. The summed E-state index contributed by atoms with van der Waals surface area (Å²) in [7, 11) is 0. The van der Waals surface area contributed by atoms with Crippen molar-refractivity contribution in [2.45, 2.75) is 47.5 Å². The molecule has 0 bridgehead atoms. The standard InChI is InChI=1S/C18H20.C2H6/c1-4-13-11-14(5-2)17-12(3)9-10-15-7-6-8-16(13)18(15)17;1-2/h6-11,18H,4-5H2,1-3H3;1-2H3. The van der Waals surface area contributed by atoms with Crippen molar-refractivity contribution in [2.24, 2.45) is 5.92 Å². The van der Waals surface area contributed by atoms with Crippen LogP contribution in [-0.4, -0.2) is 0 Å². The molecule has 106 valence electrons. The molecule has 3 aliphatic rings. The van der Waals surface area contributed by atoms with Gasteiger partial charge in [-0.05, 0) is 53.2 Å². The van der Waals surface area contributed by atoms with Gasteiger partial charge in [0.2, 0.25) is 0 Å². The van der Waals surface area contributed by atoms with Crippen molar-refractivity contribution in [3.8, 4) is 0 Å². The van der Waals surface area contributed by atoms with Crippen molar-refractivity contribution in [1.29, 1.82) is 0 Å². The van der Waals surface area contributed by atoms with Crippen molar-refractivity contribution in [3.05, 3.63) is 69.9 Å². The summed E-state index contributed by atoms with van der Waals surface area (Å²) in [5.74, 6) is 0.509. The molecule has 20 heavy (non-hydrogen) atoms. The summed E-state index contributed by atoms with van der Waals surface area (Å²) in [6.07, 6.45) is 16.0. The van der Waals surface area contributed by atoms with Crippen molar-refractivity contribution < 1.29 is 0 Å². The highest BCUT2D eigenvalue weighted by Gasteiger charge is 2.31. The monoisotopic (exact) mass is 266 g/mol.